The summed E-state index contributed by atoms with van der Waals surface area (Å²) < 4.78 is 68.2. The number of imidazole rings is 1. The van der Waals surface area contributed by atoms with Crippen molar-refractivity contribution in [3.63, 3.8) is 0 Å². The minimum Gasteiger partial charge on any atom is -0.505 e. The zero-order chi connectivity index (χ0) is 31.3. The summed E-state index contributed by atoms with van der Waals surface area (Å²) in [6.07, 6.45) is 0. The molecule has 1 amide bonds. The maximum Gasteiger partial charge on any atom is 0.338 e. The molecule has 0 bridgehead atoms. The van der Waals surface area contributed by atoms with Gasteiger partial charge in [0.15, 0.2) is 5.75 Å². The lowest BCUT2D eigenvalue weighted by Gasteiger charge is -2.10. The summed E-state index contributed by atoms with van der Waals surface area (Å²) in [6, 6.07) is 12.9. The Balaban J connectivity index is 1.70. The fourth-order valence-electron chi connectivity index (χ4n) is 4.38. The van der Waals surface area contributed by atoms with Gasteiger partial charge in [-0.15, -0.1) is 10.2 Å². The zero-order valence-corrected chi connectivity index (χ0v) is 23.3. The van der Waals surface area contributed by atoms with Crippen molar-refractivity contribution in [3.05, 3.63) is 66.2 Å². The number of nitrogens with one attached hydrogen (secondary N) is 2. The summed E-state index contributed by atoms with van der Waals surface area (Å²) in [6.45, 7) is 1.23. The van der Waals surface area contributed by atoms with Gasteiger partial charge in [-0.25, -0.2) is 9.78 Å². The van der Waals surface area contributed by atoms with E-state index in [1.165, 1.54) is 55.5 Å². The van der Waals surface area contributed by atoms with Crippen molar-refractivity contribution >= 4 is 71.0 Å². The van der Waals surface area contributed by atoms with Gasteiger partial charge in [-0.05, 0) is 48.5 Å². The van der Waals surface area contributed by atoms with E-state index in [-0.39, 0.29) is 44.6 Å². The number of amides is 1. The Hall–Kier alpha value is -5.23. The van der Waals surface area contributed by atoms with Crippen LogP contribution in [0.4, 0.5) is 17.1 Å². The lowest BCUT2D eigenvalue weighted by atomic mass is 10.1. The molecule has 15 nitrogen and oxygen atoms in total. The Morgan fingerprint density at radius 2 is 1.58 bits per heavy atom. The van der Waals surface area contributed by atoms with Gasteiger partial charge < -0.3 is 20.5 Å². The highest BCUT2D eigenvalue weighted by Crippen LogP contribution is 2.43. The minimum absolute atomic E-state index is 0.00343. The van der Waals surface area contributed by atoms with E-state index in [2.05, 4.69) is 25.5 Å². The third kappa shape index (κ3) is 5.64. The number of hydrogen-bond acceptors (Lipinski definition) is 10. The standard InChI is InChI=1S/C26H19N5O10S2/c1-12(32)27-13-6-8-18(17(10-13)26(34)35)30-31-23-21(43(39,40)41)11-16-14(24(23)33)7-9-19-22(16)29-25(28-19)15-4-2-3-5-20(15)42(36,37)38/h2-11,33H,1H3,(H,27,32)(H,28,29)(H,34,35)(H,36,37,38)(H,39,40,41). The predicted octanol–water partition coefficient (Wildman–Crippen LogP) is 4.65. The number of H-pyrrole nitrogens is 1. The monoisotopic (exact) mass is 625 g/mol. The lowest BCUT2D eigenvalue weighted by molar-refractivity contribution is -0.114. The van der Waals surface area contributed by atoms with Crippen LogP contribution in [-0.2, 0) is 25.0 Å². The van der Waals surface area contributed by atoms with Crippen LogP contribution >= 0.6 is 0 Å². The van der Waals surface area contributed by atoms with Crippen molar-refractivity contribution < 1.29 is 45.7 Å². The number of carbonyl (C=O) groups is 2. The second kappa shape index (κ2) is 10.6. The molecule has 0 saturated heterocycles. The first-order chi connectivity index (χ1) is 20.1. The quantitative estimate of drug-likeness (QED) is 0.107. The molecule has 4 aromatic carbocycles. The summed E-state index contributed by atoms with van der Waals surface area (Å²) in [5.74, 6) is -2.64. The van der Waals surface area contributed by atoms with Crippen LogP contribution in [-0.4, -0.2) is 58.0 Å². The Morgan fingerprint density at radius 1 is 0.884 bits per heavy atom. The number of carboxylic acids is 1. The normalized spacial score (nSPS) is 12.3. The number of phenolic OH excluding ortho intramolecular Hbond substituents is 1. The molecule has 220 valence electrons. The number of aromatic amines is 1. The van der Waals surface area contributed by atoms with Crippen LogP contribution < -0.4 is 5.32 Å². The number of aromatic carboxylic acids is 1. The molecule has 0 aliphatic heterocycles. The highest BCUT2D eigenvalue weighted by Gasteiger charge is 2.25. The highest BCUT2D eigenvalue weighted by atomic mass is 32.2. The first-order valence-electron chi connectivity index (χ1n) is 11.9. The van der Waals surface area contributed by atoms with Gasteiger partial charge >= 0.3 is 5.97 Å². The number of carbonyl (C=O) groups excluding carboxylic acids is 1. The highest BCUT2D eigenvalue weighted by molar-refractivity contribution is 7.86. The van der Waals surface area contributed by atoms with E-state index in [1.807, 2.05) is 0 Å². The van der Waals surface area contributed by atoms with Crippen LogP contribution in [0, 0.1) is 0 Å². The maximum atomic E-state index is 12.4. The topological polar surface area (TPSA) is 249 Å². The molecule has 0 aliphatic rings. The molecule has 43 heavy (non-hydrogen) atoms. The van der Waals surface area contributed by atoms with Crippen molar-refractivity contribution in [1.29, 1.82) is 0 Å². The second-order valence-corrected chi connectivity index (χ2v) is 11.9. The van der Waals surface area contributed by atoms with Crippen LogP contribution in [0.1, 0.15) is 17.3 Å². The van der Waals surface area contributed by atoms with Gasteiger partial charge in [-0.3, -0.25) is 13.9 Å². The Morgan fingerprint density at radius 3 is 2.23 bits per heavy atom. The van der Waals surface area contributed by atoms with Gasteiger partial charge in [0.1, 0.15) is 27.0 Å². The van der Waals surface area contributed by atoms with Crippen LogP contribution in [0.3, 0.4) is 0 Å². The van der Waals surface area contributed by atoms with Crippen LogP contribution in [0.5, 0.6) is 5.75 Å². The molecule has 0 spiro atoms. The van der Waals surface area contributed by atoms with Crippen LogP contribution in [0.2, 0.25) is 0 Å². The molecule has 0 saturated carbocycles. The predicted molar refractivity (Wildman–Crippen MR) is 152 cm³/mol. The van der Waals surface area contributed by atoms with Gasteiger partial charge in [0.25, 0.3) is 20.2 Å². The number of fused-ring (bicyclic) bond motifs is 3. The number of azo groups is 1. The number of aromatic nitrogens is 2. The third-order valence-electron chi connectivity index (χ3n) is 6.19. The largest absolute Gasteiger partial charge is 0.505 e. The minimum atomic E-state index is -5.07. The number of rotatable bonds is 7. The van der Waals surface area contributed by atoms with Crippen LogP contribution in [0.25, 0.3) is 33.2 Å². The summed E-state index contributed by atoms with van der Waals surface area (Å²) in [7, 11) is -9.70. The van der Waals surface area contributed by atoms with E-state index in [0.29, 0.717) is 0 Å². The number of anilines is 1. The molecule has 1 heterocycles. The Kier molecular flexibility index (Phi) is 7.18. The van der Waals surface area contributed by atoms with Crippen molar-refractivity contribution in [3.8, 4) is 17.1 Å². The zero-order valence-electron chi connectivity index (χ0n) is 21.7. The molecular weight excluding hydrogens is 606 g/mol. The second-order valence-electron chi connectivity index (χ2n) is 9.08. The molecule has 6 N–H and O–H groups in total. The fourth-order valence-corrected chi connectivity index (χ4v) is 5.72. The summed E-state index contributed by atoms with van der Waals surface area (Å²) >= 11 is 0. The van der Waals surface area contributed by atoms with Crippen LogP contribution in [0.15, 0.2) is 80.7 Å². The summed E-state index contributed by atoms with van der Waals surface area (Å²) in [5, 5.41) is 30.7. The molecule has 17 heteroatoms. The van der Waals surface area contributed by atoms with Crippen molar-refractivity contribution in [2.75, 3.05) is 5.32 Å². The molecular formula is C26H19N5O10S2. The molecule has 0 unspecified atom stereocenters. The average Bonchev–Trinajstić information content (AvgIpc) is 3.36. The number of nitrogens with zero attached hydrogens (tertiary/aromatic N) is 3. The number of aromatic hydroxyl groups is 1. The number of hydrogen-bond donors (Lipinski definition) is 6. The number of carboxylic acid groups (broad SMARTS) is 1. The summed E-state index contributed by atoms with van der Waals surface area (Å²) in [4.78, 5) is 29.0. The maximum absolute atomic E-state index is 12.4. The first-order valence-corrected chi connectivity index (χ1v) is 14.8. The van der Waals surface area contributed by atoms with Crippen molar-refractivity contribution in [1.82, 2.24) is 9.97 Å². The van der Waals surface area contributed by atoms with Crippen molar-refractivity contribution in [2.45, 2.75) is 16.7 Å². The smallest absolute Gasteiger partial charge is 0.338 e. The molecule has 1 aromatic heterocycles. The van der Waals surface area contributed by atoms with Gasteiger partial charge in [0.05, 0.1) is 16.6 Å². The van der Waals surface area contributed by atoms with E-state index >= 15 is 0 Å². The molecule has 5 rings (SSSR count). The van der Waals surface area contributed by atoms with E-state index in [1.54, 1.807) is 0 Å². The molecule has 0 atom stereocenters. The van der Waals surface area contributed by atoms with E-state index in [4.69, 9.17) is 0 Å². The SMILES string of the molecule is CC(=O)Nc1ccc(N=Nc2c(S(=O)(=O)O)cc3c(ccc4[nH]c(-c5ccccc5S(=O)(=O)O)nc43)c2O)c(C(=O)O)c1. The fraction of sp³-hybridized carbons (Fsp3) is 0.0385. The number of benzene rings is 4. The Labute approximate surface area is 242 Å². The summed E-state index contributed by atoms with van der Waals surface area (Å²) in [5.41, 5.74) is -0.845. The molecule has 0 fully saturated rings. The van der Waals surface area contributed by atoms with E-state index in [0.717, 1.165) is 12.1 Å². The molecule has 0 aliphatic carbocycles. The van der Waals surface area contributed by atoms with Gasteiger partial charge in [0.2, 0.25) is 5.91 Å². The third-order valence-corrected chi connectivity index (χ3v) is 7.96. The van der Waals surface area contributed by atoms with Crippen molar-refractivity contribution in [2.24, 2.45) is 10.2 Å². The van der Waals surface area contributed by atoms with Gasteiger partial charge in [-0.1, -0.05) is 12.1 Å². The van der Waals surface area contributed by atoms with E-state index < -0.39 is 58.9 Å². The molecule has 0 radical (unpaired) electrons. The average molecular weight is 626 g/mol. The molecule has 5 aromatic rings. The van der Waals surface area contributed by atoms with E-state index in [9.17, 15) is 45.7 Å². The first kappa shape index (κ1) is 29.3. The lowest BCUT2D eigenvalue weighted by Crippen LogP contribution is -2.07. The van der Waals surface area contributed by atoms with Gasteiger partial charge in [-0.2, -0.15) is 16.8 Å². The Bertz CT molecular complexity index is 2240. The van der Waals surface area contributed by atoms with Gasteiger partial charge in [0, 0.05) is 28.9 Å². The number of phenols is 1.